The van der Waals surface area contributed by atoms with E-state index in [2.05, 4.69) is 0 Å². The summed E-state index contributed by atoms with van der Waals surface area (Å²) in [5.74, 6) is 0. The second-order valence-corrected chi connectivity index (χ2v) is 1.27. The molecule has 0 saturated carbocycles. The van der Waals surface area contributed by atoms with E-state index in [0.29, 0.717) is 0 Å². The Balaban J connectivity index is -0.0000000450. The molecule has 5 heavy (non-hydrogen) atoms. The van der Waals surface area contributed by atoms with Gasteiger partial charge >= 0.3 is 51.4 Å². The third kappa shape index (κ3) is 26.4. The molecular weight excluding hydrogens is 115 g/mol. The van der Waals surface area contributed by atoms with Crippen molar-refractivity contribution in [2.24, 2.45) is 0 Å². The van der Waals surface area contributed by atoms with Crippen molar-refractivity contribution in [3.8, 4) is 0 Å². The van der Waals surface area contributed by atoms with Crippen molar-refractivity contribution in [2.45, 2.75) is 0 Å². The zero-order valence-electron chi connectivity index (χ0n) is 4.26. The molecule has 0 radical (unpaired) electrons. The Bertz CT molecular complexity index is 36.5. The topological polar surface area (TPSA) is 37.3 Å². The molecule has 0 aliphatic carbocycles. The first-order valence-corrected chi connectivity index (χ1v) is 2.27. The van der Waals surface area contributed by atoms with Gasteiger partial charge in [-0.1, -0.05) is 0 Å². The molecular formula is CH5KO2S. The molecule has 4 heteroatoms. The van der Waals surface area contributed by atoms with Crippen LogP contribution < -0.4 is 51.4 Å². The zero-order chi connectivity index (χ0) is 3.58. The van der Waals surface area contributed by atoms with E-state index in [1.807, 2.05) is 0 Å². The van der Waals surface area contributed by atoms with Crippen LogP contribution in [0.25, 0.3) is 0 Å². The van der Waals surface area contributed by atoms with Crippen LogP contribution >= 0.6 is 0 Å². The number of rotatable bonds is 0. The molecule has 0 fully saturated rings. The van der Waals surface area contributed by atoms with E-state index in [1.54, 1.807) is 0 Å². The SMILES string of the molecule is CS(=O)O.[H-].[K+]. The van der Waals surface area contributed by atoms with Gasteiger partial charge in [-0.05, 0) is 0 Å². The van der Waals surface area contributed by atoms with E-state index in [0.717, 1.165) is 0 Å². The van der Waals surface area contributed by atoms with Crippen LogP contribution in [0.5, 0.6) is 0 Å². The summed E-state index contributed by atoms with van der Waals surface area (Å²) in [6, 6.07) is 0. The maximum Gasteiger partial charge on any atom is 1.00 e. The van der Waals surface area contributed by atoms with Crippen molar-refractivity contribution in [2.75, 3.05) is 6.26 Å². The average Bonchev–Trinajstić information content (AvgIpc) is 0.811. The van der Waals surface area contributed by atoms with Crippen LogP contribution in [-0.2, 0) is 11.1 Å². The normalized spacial score (nSPS) is 12.4. The fourth-order valence-electron chi connectivity index (χ4n) is 0. The Morgan fingerprint density at radius 2 is 2.00 bits per heavy atom. The summed E-state index contributed by atoms with van der Waals surface area (Å²) in [7, 11) is 0. The van der Waals surface area contributed by atoms with Crippen molar-refractivity contribution in [1.29, 1.82) is 0 Å². The van der Waals surface area contributed by atoms with Crippen LogP contribution in [-0.4, -0.2) is 15.0 Å². The minimum absolute atomic E-state index is 0. The maximum absolute atomic E-state index is 9.11. The third-order valence-electron chi connectivity index (χ3n) is 0. The van der Waals surface area contributed by atoms with Gasteiger partial charge in [0.2, 0.25) is 0 Å². The van der Waals surface area contributed by atoms with E-state index in [4.69, 9.17) is 8.76 Å². The monoisotopic (exact) mass is 120 g/mol. The van der Waals surface area contributed by atoms with Crippen molar-refractivity contribution in [3.05, 3.63) is 0 Å². The molecule has 0 aliphatic heterocycles. The predicted molar refractivity (Wildman–Crippen MR) is 17.8 cm³/mol. The summed E-state index contributed by atoms with van der Waals surface area (Å²) in [6.07, 6.45) is 1.19. The Labute approximate surface area is 77.5 Å². The summed E-state index contributed by atoms with van der Waals surface area (Å²) in [4.78, 5) is 0. The second kappa shape index (κ2) is 5.75. The van der Waals surface area contributed by atoms with Crippen LogP contribution in [0, 0.1) is 0 Å². The Kier molecular flexibility index (Phi) is 11.4. The van der Waals surface area contributed by atoms with Gasteiger partial charge in [-0.2, -0.15) is 0 Å². The molecule has 0 bridgehead atoms. The second-order valence-electron chi connectivity index (χ2n) is 0.424. The molecule has 0 saturated heterocycles. The smallest absolute Gasteiger partial charge is 1.00 e. The van der Waals surface area contributed by atoms with Crippen molar-refractivity contribution >= 4 is 11.1 Å². The largest absolute Gasteiger partial charge is 1.00 e. The third-order valence-corrected chi connectivity index (χ3v) is 0. The molecule has 0 aromatic rings. The maximum atomic E-state index is 9.11. The van der Waals surface area contributed by atoms with Crippen LogP contribution in [0.2, 0.25) is 0 Å². The van der Waals surface area contributed by atoms with Gasteiger partial charge in [-0.3, -0.25) is 0 Å². The number of hydrogen-bond donors (Lipinski definition) is 1. The van der Waals surface area contributed by atoms with Gasteiger partial charge in [0.15, 0.2) is 0 Å². The Morgan fingerprint density at radius 3 is 2.00 bits per heavy atom. The first-order valence-electron chi connectivity index (χ1n) is 0.757. The molecule has 2 nitrogen and oxygen atoms in total. The minimum Gasteiger partial charge on any atom is -1.00 e. The first kappa shape index (κ1) is 9.89. The number of hydrogen-bond acceptors (Lipinski definition) is 1. The molecule has 0 aliphatic rings. The molecule has 1 atom stereocenters. The van der Waals surface area contributed by atoms with Crippen molar-refractivity contribution in [1.82, 2.24) is 0 Å². The van der Waals surface area contributed by atoms with Crippen LogP contribution in [0.1, 0.15) is 1.43 Å². The van der Waals surface area contributed by atoms with E-state index in [-0.39, 0.29) is 52.8 Å². The summed E-state index contributed by atoms with van der Waals surface area (Å²) < 4.78 is 16.6. The summed E-state index contributed by atoms with van der Waals surface area (Å²) in [5.41, 5.74) is 0. The van der Waals surface area contributed by atoms with Gasteiger partial charge in [0, 0.05) is 6.26 Å². The van der Waals surface area contributed by atoms with Crippen molar-refractivity contribution in [3.63, 3.8) is 0 Å². The summed E-state index contributed by atoms with van der Waals surface area (Å²) >= 11 is -1.61. The fraction of sp³-hybridized carbons (Fsp3) is 1.00. The van der Waals surface area contributed by atoms with Crippen LogP contribution in [0.15, 0.2) is 0 Å². The predicted octanol–water partition coefficient (Wildman–Crippen LogP) is -3.05. The fourth-order valence-corrected chi connectivity index (χ4v) is 0. The van der Waals surface area contributed by atoms with Crippen LogP contribution in [0.3, 0.4) is 0 Å². The van der Waals surface area contributed by atoms with E-state index in [9.17, 15) is 0 Å². The van der Waals surface area contributed by atoms with Crippen LogP contribution in [0.4, 0.5) is 0 Å². The van der Waals surface area contributed by atoms with Gasteiger partial charge < -0.3 is 5.98 Å². The Hall–Kier alpha value is 1.75. The Morgan fingerprint density at radius 1 is 2.00 bits per heavy atom. The first-order chi connectivity index (χ1) is 1.73. The molecule has 0 aromatic heterocycles. The van der Waals surface area contributed by atoms with E-state index in [1.165, 1.54) is 6.26 Å². The summed E-state index contributed by atoms with van der Waals surface area (Å²) in [5, 5.41) is 0. The van der Waals surface area contributed by atoms with E-state index < -0.39 is 11.1 Å². The standard InChI is InChI=1S/CH4O2S.K.H/c1-4(2)3;;/h1H3,(H,2,3);;/q;+1;-1. The van der Waals surface area contributed by atoms with Gasteiger partial charge in [-0.25, -0.2) is 4.21 Å². The molecule has 1 N–H and O–H groups in total. The molecule has 0 aromatic carbocycles. The van der Waals surface area contributed by atoms with Gasteiger partial charge in [0.05, 0.1) is 0 Å². The molecule has 1 unspecified atom stereocenters. The zero-order valence-corrected chi connectivity index (χ0v) is 7.20. The van der Waals surface area contributed by atoms with Gasteiger partial charge in [0.25, 0.3) is 0 Å². The molecule has 0 spiro atoms. The quantitative estimate of drug-likeness (QED) is 0.272. The van der Waals surface area contributed by atoms with Gasteiger partial charge in [-0.15, -0.1) is 0 Å². The average molecular weight is 120 g/mol. The molecule has 0 amide bonds. The molecule has 28 valence electrons. The molecule has 0 rings (SSSR count). The van der Waals surface area contributed by atoms with E-state index >= 15 is 0 Å². The molecule has 0 heterocycles. The summed E-state index contributed by atoms with van der Waals surface area (Å²) in [6.45, 7) is 0. The van der Waals surface area contributed by atoms with Gasteiger partial charge in [0.1, 0.15) is 11.1 Å². The minimum atomic E-state index is -1.61. The van der Waals surface area contributed by atoms with Crippen molar-refractivity contribution < 1.29 is 61.6 Å².